The summed E-state index contributed by atoms with van der Waals surface area (Å²) in [6.45, 7) is 0.431. The summed E-state index contributed by atoms with van der Waals surface area (Å²) < 4.78 is 42.5. The van der Waals surface area contributed by atoms with Crippen molar-refractivity contribution in [2.24, 2.45) is 0 Å². The molecular formula is C29H27F3N6O4. The fourth-order valence-electron chi connectivity index (χ4n) is 4.01. The van der Waals surface area contributed by atoms with Gasteiger partial charge in [0.05, 0.1) is 18.5 Å². The normalized spacial score (nSPS) is 11.1. The maximum Gasteiger partial charge on any atom is 0.573 e. The number of carbonyl (C=O) groups is 2. The summed E-state index contributed by atoms with van der Waals surface area (Å²) in [5, 5.41) is 13.3. The number of hydrogen-bond donors (Lipinski definition) is 2. The van der Waals surface area contributed by atoms with Gasteiger partial charge in [0.25, 0.3) is 0 Å². The van der Waals surface area contributed by atoms with Gasteiger partial charge in [0, 0.05) is 12.7 Å². The van der Waals surface area contributed by atoms with Crippen molar-refractivity contribution in [3.63, 3.8) is 0 Å². The summed E-state index contributed by atoms with van der Waals surface area (Å²) in [5.74, 6) is -0.730. The summed E-state index contributed by atoms with van der Waals surface area (Å²) in [5.41, 5.74) is 1.42. The number of aryl methyl sites for hydroxylation is 2. The fraction of sp³-hybridized carbons (Fsp3) is 0.241. The van der Waals surface area contributed by atoms with Crippen LogP contribution in [0.25, 0.3) is 0 Å². The average molecular weight is 581 g/mol. The first-order valence-electron chi connectivity index (χ1n) is 13.0. The number of nitrogens with one attached hydrogen (secondary N) is 2. The average Bonchev–Trinajstić information content (AvgIpc) is 2.92. The molecule has 4 aromatic rings. The van der Waals surface area contributed by atoms with Crippen molar-refractivity contribution in [3.8, 4) is 5.75 Å². The molecule has 10 nitrogen and oxygen atoms in total. The van der Waals surface area contributed by atoms with Crippen molar-refractivity contribution in [1.29, 1.82) is 0 Å². The monoisotopic (exact) mass is 580 g/mol. The van der Waals surface area contributed by atoms with Crippen molar-refractivity contribution < 1.29 is 27.5 Å². The second kappa shape index (κ2) is 14.0. The smallest absolute Gasteiger partial charge is 0.406 e. The Morgan fingerprint density at radius 2 is 1.52 bits per heavy atom. The number of unbranched alkanes of at least 4 members (excludes halogenated alkanes) is 1. The molecule has 2 amide bonds. The predicted octanol–water partition coefficient (Wildman–Crippen LogP) is 4.32. The Labute approximate surface area is 238 Å². The van der Waals surface area contributed by atoms with E-state index in [1.54, 1.807) is 24.4 Å². The van der Waals surface area contributed by atoms with Crippen LogP contribution in [0.1, 0.15) is 29.7 Å². The van der Waals surface area contributed by atoms with E-state index in [2.05, 4.69) is 30.6 Å². The molecule has 0 saturated carbocycles. The Morgan fingerprint density at radius 3 is 2.21 bits per heavy atom. The second-order valence-corrected chi connectivity index (χ2v) is 9.29. The molecule has 2 N–H and O–H groups in total. The van der Waals surface area contributed by atoms with Gasteiger partial charge < -0.3 is 15.4 Å². The molecule has 2 aromatic heterocycles. The number of hydrogen-bond acceptors (Lipinski definition) is 7. The number of ether oxygens (including phenoxy) is 1. The minimum absolute atomic E-state index is 0.173. The molecule has 13 heteroatoms. The van der Waals surface area contributed by atoms with E-state index in [-0.39, 0.29) is 30.4 Å². The van der Waals surface area contributed by atoms with E-state index in [4.69, 9.17) is 0 Å². The van der Waals surface area contributed by atoms with Gasteiger partial charge in [-0.3, -0.25) is 14.2 Å². The lowest BCUT2D eigenvalue weighted by Gasteiger charge is -2.10. The maximum atomic E-state index is 12.4. The zero-order valence-corrected chi connectivity index (χ0v) is 22.3. The van der Waals surface area contributed by atoms with Crippen molar-refractivity contribution in [2.75, 3.05) is 10.6 Å². The highest BCUT2D eigenvalue weighted by Gasteiger charge is 2.31. The SMILES string of the molecule is O=C(Cc1cccc(OC(F)(F)F)c1)Nc1ccc(CCCCn2ccc(NC(=O)Cc3ccccc3)nc2=O)nn1. The van der Waals surface area contributed by atoms with Crippen LogP contribution in [0.2, 0.25) is 0 Å². The number of benzene rings is 2. The number of carbonyl (C=O) groups excluding carboxylic acids is 2. The van der Waals surface area contributed by atoms with Crippen molar-refractivity contribution in [2.45, 2.75) is 45.0 Å². The van der Waals surface area contributed by atoms with Crippen LogP contribution in [0, 0.1) is 0 Å². The van der Waals surface area contributed by atoms with Crippen molar-refractivity contribution in [1.82, 2.24) is 19.7 Å². The quantitative estimate of drug-likeness (QED) is 0.239. The minimum Gasteiger partial charge on any atom is -0.406 e. The molecule has 0 bridgehead atoms. The molecule has 0 saturated heterocycles. The molecule has 0 fully saturated rings. The minimum atomic E-state index is -4.82. The zero-order chi connectivity index (χ0) is 30.0. The highest BCUT2D eigenvalue weighted by atomic mass is 19.4. The summed E-state index contributed by atoms with van der Waals surface area (Å²) in [7, 11) is 0. The Morgan fingerprint density at radius 1 is 0.810 bits per heavy atom. The molecule has 0 aliphatic rings. The molecule has 0 radical (unpaired) electrons. The molecule has 0 spiro atoms. The first-order valence-corrected chi connectivity index (χ1v) is 13.0. The van der Waals surface area contributed by atoms with Gasteiger partial charge in [0.2, 0.25) is 11.8 Å². The van der Waals surface area contributed by atoms with Crippen LogP contribution in [0.3, 0.4) is 0 Å². The first-order chi connectivity index (χ1) is 20.1. The first kappa shape index (κ1) is 29.9. The van der Waals surface area contributed by atoms with Crippen molar-refractivity contribution in [3.05, 3.63) is 106 Å². The van der Waals surface area contributed by atoms with Crippen LogP contribution < -0.4 is 21.1 Å². The van der Waals surface area contributed by atoms with Crippen molar-refractivity contribution >= 4 is 23.5 Å². The molecule has 0 atom stereocenters. The third-order valence-corrected chi connectivity index (χ3v) is 5.92. The summed E-state index contributed by atoms with van der Waals surface area (Å²) in [4.78, 5) is 40.8. The molecule has 42 heavy (non-hydrogen) atoms. The van der Waals surface area contributed by atoms with Crippen LogP contribution in [0.5, 0.6) is 5.75 Å². The highest BCUT2D eigenvalue weighted by molar-refractivity contribution is 5.91. The van der Waals surface area contributed by atoms with Gasteiger partial charge in [-0.15, -0.1) is 18.3 Å². The Hall–Kier alpha value is -5.07. The Kier molecular flexibility index (Phi) is 9.98. The van der Waals surface area contributed by atoms with E-state index in [9.17, 15) is 27.6 Å². The summed E-state index contributed by atoms with van der Waals surface area (Å²) in [6, 6.07) is 19.3. The van der Waals surface area contributed by atoms with E-state index in [0.717, 1.165) is 17.7 Å². The van der Waals surface area contributed by atoms with Gasteiger partial charge in [-0.1, -0.05) is 42.5 Å². The number of anilines is 2. The van der Waals surface area contributed by atoms with E-state index >= 15 is 0 Å². The van der Waals surface area contributed by atoms with Crippen LogP contribution in [-0.2, 0) is 35.4 Å². The number of aromatic nitrogens is 4. The van der Waals surface area contributed by atoms with Gasteiger partial charge in [-0.05, 0) is 60.7 Å². The molecule has 4 rings (SSSR count). The Bertz CT molecular complexity index is 1560. The molecule has 2 heterocycles. The number of halogens is 3. The summed E-state index contributed by atoms with van der Waals surface area (Å²) in [6.07, 6.45) is -1.26. The third-order valence-electron chi connectivity index (χ3n) is 5.92. The molecule has 218 valence electrons. The maximum absolute atomic E-state index is 12.4. The topological polar surface area (TPSA) is 128 Å². The number of amides is 2. The van der Waals surface area contributed by atoms with Gasteiger partial charge in [-0.25, -0.2) is 4.79 Å². The number of nitrogens with zero attached hydrogens (tertiary/aromatic N) is 4. The largest absolute Gasteiger partial charge is 0.573 e. The molecule has 2 aromatic carbocycles. The van der Waals surface area contributed by atoms with Gasteiger partial charge in [0.1, 0.15) is 11.6 Å². The van der Waals surface area contributed by atoms with Crippen LogP contribution >= 0.6 is 0 Å². The van der Waals surface area contributed by atoms with Crippen LogP contribution in [-0.4, -0.2) is 37.9 Å². The van der Waals surface area contributed by atoms with Crippen LogP contribution in [0.4, 0.5) is 24.8 Å². The standard InChI is InChI=1S/C29H27F3N6O4/c30-29(31,32)42-23-11-6-9-21(17-23)19-27(40)34-25-13-12-22(36-37-25)10-4-5-15-38-16-14-24(35-28(38)41)33-26(39)18-20-7-2-1-3-8-20/h1-3,6-9,11-14,16-17H,4-5,10,15,18-19H2,(H,34,37,40)(H,33,35,39,41). The van der Waals surface area contributed by atoms with Crippen LogP contribution in [0.15, 0.2) is 83.8 Å². The lowest BCUT2D eigenvalue weighted by atomic mass is 10.1. The molecule has 0 unspecified atom stereocenters. The van der Waals surface area contributed by atoms with E-state index < -0.39 is 23.7 Å². The summed E-state index contributed by atoms with van der Waals surface area (Å²) >= 11 is 0. The van der Waals surface area contributed by atoms with Gasteiger partial charge in [0.15, 0.2) is 5.82 Å². The molecule has 0 aliphatic carbocycles. The Balaban J connectivity index is 1.18. The fourth-order valence-corrected chi connectivity index (χ4v) is 4.01. The van der Waals surface area contributed by atoms with E-state index in [1.165, 1.54) is 16.7 Å². The lowest BCUT2D eigenvalue weighted by molar-refractivity contribution is -0.274. The zero-order valence-electron chi connectivity index (χ0n) is 22.3. The van der Waals surface area contributed by atoms with Gasteiger partial charge >= 0.3 is 12.1 Å². The highest BCUT2D eigenvalue weighted by Crippen LogP contribution is 2.23. The second-order valence-electron chi connectivity index (χ2n) is 9.29. The lowest BCUT2D eigenvalue weighted by Crippen LogP contribution is -2.25. The molecule has 0 aliphatic heterocycles. The number of rotatable bonds is 12. The van der Waals surface area contributed by atoms with E-state index in [1.807, 2.05) is 30.3 Å². The van der Waals surface area contributed by atoms with E-state index in [0.29, 0.717) is 37.1 Å². The molecular weight excluding hydrogens is 553 g/mol. The number of alkyl halides is 3. The predicted molar refractivity (Wildman–Crippen MR) is 148 cm³/mol. The third kappa shape index (κ3) is 9.84. The van der Waals surface area contributed by atoms with Gasteiger partial charge in [-0.2, -0.15) is 10.1 Å².